The van der Waals surface area contributed by atoms with E-state index in [9.17, 15) is 4.79 Å². The van der Waals surface area contributed by atoms with Crippen molar-refractivity contribution in [1.82, 2.24) is 10.6 Å². The highest BCUT2D eigenvalue weighted by Crippen LogP contribution is 2.21. The van der Waals surface area contributed by atoms with E-state index in [-0.39, 0.29) is 11.9 Å². The number of hydrogen-bond acceptors (Lipinski definition) is 2. The minimum absolute atomic E-state index is 0.172. The van der Waals surface area contributed by atoms with Crippen LogP contribution in [-0.4, -0.2) is 18.5 Å². The van der Waals surface area contributed by atoms with E-state index in [4.69, 9.17) is 11.6 Å². The molecule has 2 rings (SSSR count). The summed E-state index contributed by atoms with van der Waals surface area (Å²) in [6, 6.07) is 8.61. The van der Waals surface area contributed by atoms with Crippen molar-refractivity contribution in [2.24, 2.45) is 0 Å². The van der Waals surface area contributed by atoms with Crippen molar-refractivity contribution in [2.75, 3.05) is 6.54 Å². The molecule has 1 heterocycles. The van der Waals surface area contributed by atoms with Crippen LogP contribution in [0.2, 0.25) is 5.02 Å². The molecule has 1 aromatic carbocycles. The van der Waals surface area contributed by atoms with Crippen molar-refractivity contribution in [1.29, 1.82) is 0 Å². The maximum Gasteiger partial charge on any atom is 0.220 e. The quantitative estimate of drug-likeness (QED) is 0.841. The molecule has 1 fully saturated rings. The molecule has 4 heteroatoms. The fourth-order valence-corrected chi connectivity index (χ4v) is 2.61. The molecule has 0 bridgehead atoms. The lowest BCUT2D eigenvalue weighted by atomic mass is 10.0. The average molecular weight is 281 g/mol. The molecule has 2 unspecified atom stereocenters. The summed E-state index contributed by atoms with van der Waals surface area (Å²) in [6.07, 6.45) is 3.80. The number of nitrogens with one attached hydrogen (secondary N) is 2. The van der Waals surface area contributed by atoms with Gasteiger partial charge in [0.15, 0.2) is 0 Å². The number of hydrogen-bond donors (Lipinski definition) is 2. The molecule has 1 aromatic rings. The summed E-state index contributed by atoms with van der Waals surface area (Å²) in [6.45, 7) is 3.01. The molecule has 1 saturated heterocycles. The van der Waals surface area contributed by atoms with Gasteiger partial charge in [-0.1, -0.05) is 37.1 Å². The second-order valence-corrected chi connectivity index (χ2v) is 5.54. The van der Waals surface area contributed by atoms with E-state index in [1.807, 2.05) is 12.1 Å². The van der Waals surface area contributed by atoms with E-state index in [1.54, 1.807) is 0 Å². The Bertz CT molecular complexity index is 419. The van der Waals surface area contributed by atoms with Crippen molar-refractivity contribution >= 4 is 17.5 Å². The Labute approximate surface area is 119 Å². The molecule has 3 nitrogen and oxygen atoms in total. The largest absolute Gasteiger partial charge is 0.352 e. The van der Waals surface area contributed by atoms with E-state index in [0.29, 0.717) is 12.5 Å². The van der Waals surface area contributed by atoms with Crippen molar-refractivity contribution in [2.45, 2.75) is 44.7 Å². The molecule has 104 valence electrons. The topological polar surface area (TPSA) is 41.1 Å². The zero-order valence-electron chi connectivity index (χ0n) is 11.3. The van der Waals surface area contributed by atoms with Crippen molar-refractivity contribution in [3.8, 4) is 0 Å². The van der Waals surface area contributed by atoms with Crippen LogP contribution in [-0.2, 0) is 4.79 Å². The first-order chi connectivity index (χ1) is 9.19. The van der Waals surface area contributed by atoms with Gasteiger partial charge in [-0.25, -0.2) is 0 Å². The lowest BCUT2D eigenvalue weighted by Crippen LogP contribution is -2.37. The number of carbonyl (C=O) groups excluding carboxylic acids is 1. The third-order valence-corrected chi connectivity index (χ3v) is 3.80. The predicted molar refractivity (Wildman–Crippen MR) is 78.3 cm³/mol. The van der Waals surface area contributed by atoms with E-state index in [0.717, 1.165) is 30.8 Å². The molecular weight excluding hydrogens is 260 g/mol. The Balaban J connectivity index is 1.92. The number of amides is 1. The first-order valence-electron chi connectivity index (χ1n) is 6.97. The molecule has 19 heavy (non-hydrogen) atoms. The van der Waals surface area contributed by atoms with Gasteiger partial charge in [0.25, 0.3) is 0 Å². The average Bonchev–Trinajstić information content (AvgIpc) is 2.81. The smallest absolute Gasteiger partial charge is 0.220 e. The zero-order chi connectivity index (χ0) is 13.7. The molecule has 2 N–H and O–H groups in total. The Morgan fingerprint density at radius 1 is 1.42 bits per heavy atom. The third-order valence-electron chi connectivity index (χ3n) is 3.55. The molecule has 2 atom stereocenters. The highest BCUT2D eigenvalue weighted by molar-refractivity contribution is 6.30. The Kier molecular flexibility index (Phi) is 5.23. The second-order valence-electron chi connectivity index (χ2n) is 5.10. The molecule has 1 aliphatic heterocycles. The van der Waals surface area contributed by atoms with Crippen LogP contribution in [0.4, 0.5) is 0 Å². The predicted octanol–water partition coefficient (Wildman–Crippen LogP) is 3.05. The summed E-state index contributed by atoms with van der Waals surface area (Å²) in [5.41, 5.74) is 1.26. The first-order valence-corrected chi connectivity index (χ1v) is 7.35. The Morgan fingerprint density at radius 3 is 2.74 bits per heavy atom. The van der Waals surface area contributed by atoms with Crippen LogP contribution in [0.1, 0.15) is 44.2 Å². The third kappa shape index (κ3) is 4.22. The Morgan fingerprint density at radius 2 is 2.16 bits per heavy atom. The highest BCUT2D eigenvalue weighted by atomic mass is 35.5. The molecule has 0 aromatic heterocycles. The van der Waals surface area contributed by atoms with E-state index in [1.165, 1.54) is 5.56 Å². The highest BCUT2D eigenvalue weighted by Gasteiger charge is 2.21. The van der Waals surface area contributed by atoms with Crippen molar-refractivity contribution in [3.05, 3.63) is 34.9 Å². The summed E-state index contributed by atoms with van der Waals surface area (Å²) in [7, 11) is 0. The van der Waals surface area contributed by atoms with E-state index in [2.05, 4.69) is 29.7 Å². The van der Waals surface area contributed by atoms with Gasteiger partial charge >= 0.3 is 0 Å². The minimum Gasteiger partial charge on any atom is -0.352 e. The van der Waals surface area contributed by atoms with Crippen LogP contribution in [0.15, 0.2) is 24.3 Å². The van der Waals surface area contributed by atoms with E-state index < -0.39 is 0 Å². The molecule has 0 spiro atoms. The molecule has 1 amide bonds. The van der Waals surface area contributed by atoms with Gasteiger partial charge in [-0.15, -0.1) is 0 Å². The molecule has 1 aliphatic rings. The van der Waals surface area contributed by atoms with Crippen LogP contribution < -0.4 is 10.6 Å². The van der Waals surface area contributed by atoms with Crippen LogP contribution in [0.5, 0.6) is 0 Å². The number of carbonyl (C=O) groups is 1. The van der Waals surface area contributed by atoms with Crippen molar-refractivity contribution in [3.63, 3.8) is 0 Å². The normalized spacial score (nSPS) is 20.3. The van der Waals surface area contributed by atoms with Gasteiger partial charge in [0, 0.05) is 30.1 Å². The standard InChI is InChI=1S/C15H21ClN2O/c1-2-3-14(11-4-6-12(16)7-5-11)17-10-13-8-9-15(19)18-13/h4-7,13-14,17H,2-3,8-10H2,1H3,(H,18,19). The fraction of sp³-hybridized carbons (Fsp3) is 0.533. The summed E-state index contributed by atoms with van der Waals surface area (Å²) in [5.74, 6) is 0.172. The van der Waals surface area contributed by atoms with E-state index >= 15 is 0 Å². The summed E-state index contributed by atoms with van der Waals surface area (Å²) < 4.78 is 0. The monoisotopic (exact) mass is 280 g/mol. The fourth-order valence-electron chi connectivity index (χ4n) is 2.49. The summed E-state index contributed by atoms with van der Waals surface area (Å²) in [4.78, 5) is 11.2. The first kappa shape index (κ1) is 14.4. The van der Waals surface area contributed by atoms with Crippen LogP contribution in [0.3, 0.4) is 0 Å². The van der Waals surface area contributed by atoms with Gasteiger partial charge in [0.1, 0.15) is 0 Å². The number of rotatable bonds is 6. The van der Waals surface area contributed by atoms with Gasteiger partial charge in [0.05, 0.1) is 0 Å². The second kappa shape index (κ2) is 6.92. The zero-order valence-corrected chi connectivity index (χ0v) is 12.0. The van der Waals surface area contributed by atoms with Gasteiger partial charge in [-0.2, -0.15) is 0 Å². The molecule has 0 aliphatic carbocycles. The lowest BCUT2D eigenvalue weighted by molar-refractivity contribution is -0.119. The minimum atomic E-state index is 0.172. The van der Waals surface area contributed by atoms with Crippen LogP contribution in [0, 0.1) is 0 Å². The number of halogens is 1. The van der Waals surface area contributed by atoms with Crippen LogP contribution in [0.25, 0.3) is 0 Å². The van der Waals surface area contributed by atoms with Gasteiger partial charge in [-0.3, -0.25) is 4.79 Å². The van der Waals surface area contributed by atoms with Gasteiger partial charge in [-0.05, 0) is 30.5 Å². The van der Waals surface area contributed by atoms with Gasteiger partial charge in [0.2, 0.25) is 5.91 Å². The molecule has 0 radical (unpaired) electrons. The van der Waals surface area contributed by atoms with Crippen LogP contribution >= 0.6 is 11.6 Å². The molecular formula is C15H21ClN2O. The maximum absolute atomic E-state index is 11.2. The molecule has 0 saturated carbocycles. The maximum atomic E-state index is 11.2. The number of benzene rings is 1. The van der Waals surface area contributed by atoms with Crippen molar-refractivity contribution < 1.29 is 4.79 Å². The Hall–Kier alpha value is -1.06. The summed E-state index contributed by atoms with van der Waals surface area (Å²) >= 11 is 5.92. The van der Waals surface area contributed by atoms with Gasteiger partial charge < -0.3 is 10.6 Å². The summed E-state index contributed by atoms with van der Waals surface area (Å²) in [5, 5.41) is 7.32. The lowest BCUT2D eigenvalue weighted by Gasteiger charge is -2.21. The SMILES string of the molecule is CCCC(NCC1CCC(=O)N1)c1ccc(Cl)cc1.